The van der Waals surface area contributed by atoms with Gasteiger partial charge in [-0.25, -0.2) is 0 Å². The van der Waals surface area contributed by atoms with Crippen LogP contribution < -0.4 is 5.73 Å². The maximum Gasteiger partial charge on any atom is 0.0593 e. The number of nitrogens with two attached hydrogens (primary N) is 1. The van der Waals surface area contributed by atoms with E-state index in [1.54, 1.807) is 0 Å². The fourth-order valence-electron chi connectivity index (χ4n) is 2.63. The summed E-state index contributed by atoms with van der Waals surface area (Å²) in [6.45, 7) is 10.1. The highest BCUT2D eigenvalue weighted by Crippen LogP contribution is 2.41. The van der Waals surface area contributed by atoms with Crippen LogP contribution in [0.15, 0.2) is 0 Å². The molecule has 0 aromatic rings. The Bertz CT molecular complexity index is 235. The second-order valence-electron chi connectivity index (χ2n) is 5.88. The second kappa shape index (κ2) is 6.41. The minimum Gasteiger partial charge on any atom is -0.380 e. The molecule has 4 heteroatoms. The topological polar surface area (TPSA) is 38.5 Å². The van der Waals surface area contributed by atoms with Crippen LogP contribution in [0.2, 0.25) is 0 Å². The molecular formula is C13H28N2OS. The average molecular weight is 260 g/mol. The van der Waals surface area contributed by atoms with Gasteiger partial charge in [-0.05, 0) is 31.6 Å². The molecule has 1 rings (SSSR count). The second-order valence-corrected chi connectivity index (χ2v) is 6.87. The lowest BCUT2D eigenvalue weighted by atomic mass is 9.79. The Hall–Kier alpha value is 0.230. The predicted octanol–water partition coefficient (Wildman–Crippen LogP) is 1.82. The van der Waals surface area contributed by atoms with Crippen molar-refractivity contribution in [1.82, 2.24) is 4.90 Å². The number of rotatable bonds is 6. The Balaban J connectivity index is 2.60. The Morgan fingerprint density at radius 1 is 1.35 bits per heavy atom. The van der Waals surface area contributed by atoms with Crippen LogP contribution in [-0.4, -0.2) is 55.3 Å². The zero-order chi connectivity index (χ0) is 12.9. The Labute approximate surface area is 110 Å². The van der Waals surface area contributed by atoms with E-state index in [1.807, 2.05) is 18.7 Å². The summed E-state index contributed by atoms with van der Waals surface area (Å²) in [5.41, 5.74) is 6.62. The monoisotopic (exact) mass is 260 g/mol. The number of thioether (sulfide) groups is 1. The number of likely N-dealkylation sites (N-methyl/N-ethyl adjacent to an activating group) is 1. The van der Waals surface area contributed by atoms with E-state index in [0.29, 0.717) is 5.41 Å². The smallest absolute Gasteiger partial charge is 0.0593 e. The molecule has 17 heavy (non-hydrogen) atoms. The van der Waals surface area contributed by atoms with E-state index in [-0.39, 0.29) is 5.54 Å². The molecule has 2 N–H and O–H groups in total. The molecule has 3 nitrogen and oxygen atoms in total. The molecule has 0 aromatic carbocycles. The Morgan fingerprint density at radius 3 is 2.59 bits per heavy atom. The van der Waals surface area contributed by atoms with Crippen molar-refractivity contribution < 1.29 is 4.74 Å². The van der Waals surface area contributed by atoms with Crippen LogP contribution >= 0.6 is 11.8 Å². The fourth-order valence-corrected chi connectivity index (χ4v) is 4.20. The first-order chi connectivity index (χ1) is 7.96. The van der Waals surface area contributed by atoms with Crippen LogP contribution in [0, 0.1) is 5.41 Å². The molecule has 1 atom stereocenters. The molecule has 1 heterocycles. The molecule has 0 amide bonds. The van der Waals surface area contributed by atoms with Gasteiger partial charge in [0.1, 0.15) is 0 Å². The van der Waals surface area contributed by atoms with Crippen LogP contribution in [0.25, 0.3) is 0 Å². The van der Waals surface area contributed by atoms with E-state index in [4.69, 9.17) is 10.5 Å². The van der Waals surface area contributed by atoms with Gasteiger partial charge >= 0.3 is 0 Å². The van der Waals surface area contributed by atoms with E-state index in [0.717, 1.165) is 32.1 Å². The summed E-state index contributed by atoms with van der Waals surface area (Å²) < 4.78 is 5.45. The highest BCUT2D eigenvalue weighted by molar-refractivity contribution is 7.99. The van der Waals surface area contributed by atoms with Crippen LogP contribution in [0.4, 0.5) is 0 Å². The number of nitrogens with zero attached hydrogens (tertiary/aromatic N) is 1. The first-order valence-corrected chi connectivity index (χ1v) is 7.68. The van der Waals surface area contributed by atoms with Crippen LogP contribution in [0.3, 0.4) is 0 Å². The SMILES string of the molecule is CCOCCN(C)C1(CN)CSCC(C)(C)C1. The predicted molar refractivity (Wildman–Crippen MR) is 76.6 cm³/mol. The Morgan fingerprint density at radius 2 is 2.06 bits per heavy atom. The fraction of sp³-hybridized carbons (Fsp3) is 1.00. The summed E-state index contributed by atoms with van der Waals surface area (Å²) in [7, 11) is 2.19. The lowest BCUT2D eigenvalue weighted by Crippen LogP contribution is -2.59. The quantitative estimate of drug-likeness (QED) is 0.739. The molecule has 0 spiro atoms. The van der Waals surface area contributed by atoms with Gasteiger partial charge in [0.15, 0.2) is 0 Å². The zero-order valence-corrected chi connectivity index (χ0v) is 12.6. The van der Waals surface area contributed by atoms with Gasteiger partial charge in [0.2, 0.25) is 0 Å². The third-order valence-electron chi connectivity index (χ3n) is 3.64. The molecule has 0 saturated carbocycles. The first-order valence-electron chi connectivity index (χ1n) is 6.52. The van der Waals surface area contributed by atoms with Gasteiger partial charge in [0, 0.05) is 31.0 Å². The van der Waals surface area contributed by atoms with Gasteiger partial charge < -0.3 is 10.5 Å². The number of hydrogen-bond donors (Lipinski definition) is 1. The molecular weight excluding hydrogens is 232 g/mol. The zero-order valence-electron chi connectivity index (χ0n) is 11.8. The molecule has 1 aliphatic rings. The van der Waals surface area contributed by atoms with Crippen molar-refractivity contribution in [2.24, 2.45) is 11.1 Å². The lowest BCUT2D eigenvalue weighted by Gasteiger charge is -2.49. The molecule has 0 aromatic heterocycles. The van der Waals surface area contributed by atoms with Crippen molar-refractivity contribution in [2.45, 2.75) is 32.7 Å². The van der Waals surface area contributed by atoms with E-state index < -0.39 is 0 Å². The molecule has 1 saturated heterocycles. The minimum atomic E-state index is 0.156. The highest BCUT2D eigenvalue weighted by Gasteiger charge is 2.42. The summed E-state index contributed by atoms with van der Waals surface area (Å²) in [5.74, 6) is 2.39. The van der Waals surface area contributed by atoms with E-state index in [1.165, 1.54) is 12.2 Å². The largest absolute Gasteiger partial charge is 0.380 e. The molecule has 102 valence electrons. The minimum absolute atomic E-state index is 0.156. The van der Waals surface area contributed by atoms with Crippen LogP contribution in [-0.2, 0) is 4.74 Å². The van der Waals surface area contributed by atoms with Gasteiger partial charge in [0.25, 0.3) is 0 Å². The molecule has 1 fully saturated rings. The molecule has 1 aliphatic heterocycles. The van der Waals surface area contributed by atoms with Gasteiger partial charge in [-0.15, -0.1) is 0 Å². The summed E-state index contributed by atoms with van der Waals surface area (Å²) in [6.07, 6.45) is 1.19. The maximum absolute atomic E-state index is 6.07. The van der Waals surface area contributed by atoms with Gasteiger partial charge in [-0.1, -0.05) is 13.8 Å². The molecule has 1 unspecified atom stereocenters. The normalized spacial score (nSPS) is 28.6. The summed E-state index contributed by atoms with van der Waals surface area (Å²) in [5, 5.41) is 0. The van der Waals surface area contributed by atoms with Gasteiger partial charge in [0.05, 0.1) is 6.61 Å². The van der Waals surface area contributed by atoms with E-state index in [9.17, 15) is 0 Å². The van der Waals surface area contributed by atoms with Gasteiger partial charge in [-0.2, -0.15) is 11.8 Å². The Kier molecular flexibility index (Phi) is 5.77. The van der Waals surface area contributed by atoms with Crippen molar-refractivity contribution >= 4 is 11.8 Å². The highest BCUT2D eigenvalue weighted by atomic mass is 32.2. The van der Waals surface area contributed by atoms with Gasteiger partial charge in [-0.3, -0.25) is 4.90 Å². The van der Waals surface area contributed by atoms with E-state index in [2.05, 4.69) is 25.8 Å². The van der Waals surface area contributed by atoms with Crippen LogP contribution in [0.5, 0.6) is 0 Å². The third-order valence-corrected chi connectivity index (χ3v) is 5.36. The molecule has 0 radical (unpaired) electrons. The first kappa shape index (κ1) is 15.3. The number of ether oxygens (including phenoxy) is 1. The molecule has 0 bridgehead atoms. The summed E-state index contributed by atoms with van der Waals surface area (Å²) >= 11 is 2.04. The average Bonchev–Trinajstić information content (AvgIpc) is 2.27. The molecule has 0 aliphatic carbocycles. The third kappa shape index (κ3) is 4.12. The maximum atomic E-state index is 6.07. The summed E-state index contributed by atoms with van der Waals surface area (Å²) in [6, 6.07) is 0. The van der Waals surface area contributed by atoms with Crippen molar-refractivity contribution in [3.05, 3.63) is 0 Å². The van der Waals surface area contributed by atoms with Crippen molar-refractivity contribution in [2.75, 3.05) is 44.9 Å². The summed E-state index contributed by atoms with van der Waals surface area (Å²) in [4.78, 5) is 2.41. The van der Waals surface area contributed by atoms with E-state index >= 15 is 0 Å². The standard InChI is InChI=1S/C13H28N2OS/c1-5-16-7-6-15(4)13(9-14)8-12(2,3)10-17-11-13/h5-11,14H2,1-4H3. The lowest BCUT2D eigenvalue weighted by molar-refractivity contribution is 0.0535. The number of hydrogen-bond acceptors (Lipinski definition) is 4. The van der Waals surface area contributed by atoms with Crippen molar-refractivity contribution in [3.63, 3.8) is 0 Å². The van der Waals surface area contributed by atoms with Crippen LogP contribution in [0.1, 0.15) is 27.2 Å². The van der Waals surface area contributed by atoms with Crippen molar-refractivity contribution in [1.29, 1.82) is 0 Å². The van der Waals surface area contributed by atoms with Crippen molar-refractivity contribution in [3.8, 4) is 0 Å².